The van der Waals surface area contributed by atoms with Gasteiger partial charge in [0.1, 0.15) is 0 Å². The molecule has 9 aromatic carbocycles. The Morgan fingerprint density at radius 2 is 0.949 bits per heavy atom. The van der Waals surface area contributed by atoms with Crippen LogP contribution in [0.1, 0.15) is 0 Å². The fourth-order valence-electron chi connectivity index (χ4n) is 9.42. The summed E-state index contributed by atoms with van der Waals surface area (Å²) >= 11 is 3.74. The third kappa shape index (κ3) is 4.94. The van der Waals surface area contributed by atoms with Gasteiger partial charge in [-0.25, -0.2) is 4.98 Å². The maximum absolute atomic E-state index is 5.25. The second kappa shape index (κ2) is 12.7. The molecule has 4 heteroatoms. The van der Waals surface area contributed by atoms with Crippen molar-refractivity contribution in [2.45, 2.75) is 0 Å². The molecule has 0 aliphatic heterocycles. The molecule has 0 fully saturated rings. The number of aromatic nitrogens is 2. The quantitative estimate of drug-likeness (QED) is 0.174. The Hall–Kier alpha value is -7.11. The highest BCUT2D eigenvalue weighted by Gasteiger charge is 2.19. The van der Waals surface area contributed by atoms with Crippen molar-refractivity contribution in [1.29, 1.82) is 0 Å². The lowest BCUT2D eigenvalue weighted by Gasteiger charge is -2.14. The minimum atomic E-state index is 1.01. The highest BCUT2D eigenvalue weighted by molar-refractivity contribution is 7.27. The van der Waals surface area contributed by atoms with Crippen LogP contribution >= 0.6 is 22.7 Å². The van der Waals surface area contributed by atoms with Crippen molar-refractivity contribution in [3.63, 3.8) is 0 Å². The van der Waals surface area contributed by atoms with E-state index in [1.54, 1.807) is 0 Å². The second-order valence-electron chi connectivity index (χ2n) is 15.4. The van der Waals surface area contributed by atoms with E-state index in [1.807, 2.05) is 22.7 Å². The molecule has 59 heavy (non-hydrogen) atoms. The molecule has 13 rings (SSSR count). The third-order valence-electron chi connectivity index (χ3n) is 12.2. The van der Waals surface area contributed by atoms with E-state index in [2.05, 4.69) is 199 Å². The fraction of sp³-hybridized carbons (Fsp3) is 0. The van der Waals surface area contributed by atoms with Crippen LogP contribution < -0.4 is 0 Å². The predicted molar refractivity (Wildman–Crippen MR) is 255 cm³/mol. The molecule has 0 spiro atoms. The van der Waals surface area contributed by atoms with Crippen LogP contribution in [0, 0.1) is 0 Å². The van der Waals surface area contributed by atoms with E-state index in [1.165, 1.54) is 95.3 Å². The monoisotopic (exact) mass is 784 g/mol. The summed E-state index contributed by atoms with van der Waals surface area (Å²) in [5, 5.41) is 10.3. The summed E-state index contributed by atoms with van der Waals surface area (Å²) in [5.41, 5.74) is 12.9. The van der Waals surface area contributed by atoms with Gasteiger partial charge in [-0.05, 0) is 84.8 Å². The van der Waals surface area contributed by atoms with Gasteiger partial charge in [0, 0.05) is 35.6 Å². The molecule has 4 aromatic heterocycles. The second-order valence-corrected chi connectivity index (χ2v) is 17.5. The summed E-state index contributed by atoms with van der Waals surface area (Å²) in [6.07, 6.45) is 0. The van der Waals surface area contributed by atoms with E-state index in [0.29, 0.717) is 0 Å². The molecule has 0 saturated carbocycles. The predicted octanol–water partition coefficient (Wildman–Crippen LogP) is 16.2. The normalized spacial score (nSPS) is 12.1. The molecular weight excluding hydrogens is 753 g/mol. The molecule has 2 nitrogen and oxygen atoms in total. The van der Waals surface area contributed by atoms with Crippen LogP contribution in [-0.2, 0) is 0 Å². The zero-order chi connectivity index (χ0) is 38.6. The number of rotatable bonds is 4. The van der Waals surface area contributed by atoms with E-state index >= 15 is 0 Å². The van der Waals surface area contributed by atoms with Crippen molar-refractivity contribution in [2.75, 3.05) is 0 Å². The number of fused-ring (bicyclic) bond motifs is 13. The molecule has 13 aromatic rings. The van der Waals surface area contributed by atoms with E-state index in [4.69, 9.17) is 4.98 Å². The van der Waals surface area contributed by atoms with Crippen LogP contribution in [0.2, 0.25) is 0 Å². The smallest absolute Gasteiger partial charge is 0.156 e. The molecule has 0 aliphatic rings. The zero-order valence-electron chi connectivity index (χ0n) is 31.7. The van der Waals surface area contributed by atoms with Gasteiger partial charge in [-0.1, -0.05) is 170 Å². The zero-order valence-corrected chi connectivity index (χ0v) is 33.3. The minimum Gasteiger partial charge on any atom is -0.291 e. The average molecular weight is 785 g/mol. The molecule has 0 amide bonds. The highest BCUT2D eigenvalue weighted by Crippen LogP contribution is 2.45. The summed E-state index contributed by atoms with van der Waals surface area (Å²) in [5.74, 6) is 0. The number of imidazole rings is 1. The van der Waals surface area contributed by atoms with E-state index in [9.17, 15) is 0 Å². The van der Waals surface area contributed by atoms with Crippen LogP contribution in [0.5, 0.6) is 0 Å². The number of nitrogens with zero attached hydrogens (tertiary/aromatic N) is 2. The lowest BCUT2D eigenvalue weighted by atomic mass is 9.91. The number of thiophene rings is 2. The number of hydrogen-bond acceptors (Lipinski definition) is 3. The summed E-state index contributed by atoms with van der Waals surface area (Å²) < 4.78 is 7.58. The molecule has 0 radical (unpaired) electrons. The first-order valence-corrected chi connectivity index (χ1v) is 21.7. The summed E-state index contributed by atoms with van der Waals surface area (Å²) in [4.78, 5) is 5.25. The van der Waals surface area contributed by atoms with Crippen molar-refractivity contribution in [3.05, 3.63) is 194 Å². The lowest BCUT2D eigenvalue weighted by Crippen LogP contribution is -1.93. The van der Waals surface area contributed by atoms with Gasteiger partial charge in [-0.15, -0.1) is 22.7 Å². The van der Waals surface area contributed by atoms with Crippen LogP contribution in [0.25, 0.3) is 123 Å². The van der Waals surface area contributed by atoms with Crippen LogP contribution in [0.15, 0.2) is 194 Å². The van der Waals surface area contributed by atoms with Crippen molar-refractivity contribution >= 4 is 101 Å². The first-order chi connectivity index (χ1) is 29.2. The van der Waals surface area contributed by atoms with Gasteiger partial charge in [0.05, 0.1) is 21.4 Å². The Bertz CT molecular complexity index is 3830. The molecular formula is C55H32N2S2. The fourth-order valence-corrected chi connectivity index (χ4v) is 11.9. The van der Waals surface area contributed by atoms with Gasteiger partial charge in [0.25, 0.3) is 0 Å². The Morgan fingerprint density at radius 1 is 0.356 bits per heavy atom. The van der Waals surface area contributed by atoms with Gasteiger partial charge < -0.3 is 0 Å². The molecule has 0 atom stereocenters. The van der Waals surface area contributed by atoms with Crippen molar-refractivity contribution < 1.29 is 0 Å². The van der Waals surface area contributed by atoms with E-state index in [0.717, 1.165) is 27.9 Å². The van der Waals surface area contributed by atoms with Gasteiger partial charge in [-0.2, -0.15) is 0 Å². The maximum Gasteiger partial charge on any atom is 0.156 e. The van der Waals surface area contributed by atoms with Crippen molar-refractivity contribution in [3.8, 4) is 44.6 Å². The summed E-state index contributed by atoms with van der Waals surface area (Å²) in [7, 11) is 0. The van der Waals surface area contributed by atoms with Gasteiger partial charge >= 0.3 is 0 Å². The number of benzene rings is 9. The van der Waals surface area contributed by atoms with Crippen molar-refractivity contribution in [2.24, 2.45) is 0 Å². The summed E-state index contributed by atoms with van der Waals surface area (Å²) in [6, 6.07) is 71.3. The van der Waals surface area contributed by atoms with Crippen molar-refractivity contribution in [1.82, 2.24) is 9.38 Å². The molecule has 0 aliphatic carbocycles. The largest absolute Gasteiger partial charge is 0.291 e. The number of pyridine rings is 1. The Morgan fingerprint density at radius 3 is 1.71 bits per heavy atom. The van der Waals surface area contributed by atoms with Crippen LogP contribution in [-0.4, -0.2) is 9.38 Å². The average Bonchev–Trinajstić information content (AvgIpc) is 4.01. The van der Waals surface area contributed by atoms with E-state index < -0.39 is 0 Å². The first-order valence-electron chi connectivity index (χ1n) is 20.0. The minimum absolute atomic E-state index is 1.01. The Labute approximate surface area is 347 Å². The molecule has 4 heterocycles. The lowest BCUT2D eigenvalue weighted by molar-refractivity contribution is 1.25. The molecule has 0 N–H and O–H groups in total. The van der Waals surface area contributed by atoms with Crippen LogP contribution in [0.3, 0.4) is 0 Å². The standard InChI is InChI=1S/C55H32N2S2/c1-2-11-40-33(10-1)28-29-46-47-32-50(57-49-18-7-6-17-48(49)56-55(57)54(47)59-53(40)46)37-26-24-35(25-27-37)39-31-30-38(42-12-3-4-13-43(39)42)34-20-22-36(23-21-34)41-15-9-16-45-44-14-5-8-19-51(44)58-52(41)45/h1-32H. The molecule has 274 valence electrons. The number of hydrogen-bond donors (Lipinski definition) is 0. The molecule has 0 saturated heterocycles. The first kappa shape index (κ1) is 32.9. The summed E-state index contributed by atoms with van der Waals surface area (Å²) in [6.45, 7) is 0. The van der Waals surface area contributed by atoms with E-state index in [-0.39, 0.29) is 0 Å². The Kier molecular flexibility index (Phi) is 7.08. The topological polar surface area (TPSA) is 17.3 Å². The maximum atomic E-state index is 5.25. The molecule has 0 bridgehead atoms. The third-order valence-corrected chi connectivity index (χ3v) is 14.7. The van der Waals surface area contributed by atoms with Gasteiger partial charge in [0.2, 0.25) is 0 Å². The SMILES string of the molecule is c1ccc2c(c1)ccc1c3cc(-c4ccc(-c5ccc(-c6ccc(-c7cccc8c7sc7ccccc78)cc6)c6ccccc56)cc4)n4c5ccccc5nc4c3sc21. The number of para-hydroxylation sites is 2. The van der Waals surface area contributed by atoms with Crippen LogP contribution in [0.4, 0.5) is 0 Å². The highest BCUT2D eigenvalue weighted by atomic mass is 32.1. The van der Waals surface area contributed by atoms with Gasteiger partial charge in [0.15, 0.2) is 5.65 Å². The van der Waals surface area contributed by atoms with Gasteiger partial charge in [-0.3, -0.25) is 4.40 Å². The Balaban J connectivity index is 0.907. The molecule has 0 unspecified atom stereocenters.